The molecule has 40 heavy (non-hydrogen) atoms. The van der Waals surface area contributed by atoms with E-state index in [0.29, 0.717) is 0 Å². The monoisotopic (exact) mass is 623 g/mol. The largest absolute Gasteiger partial charge is 2.00 e. The van der Waals surface area contributed by atoms with Gasteiger partial charge >= 0.3 is 16.8 Å². The van der Waals surface area contributed by atoms with Crippen LogP contribution in [0.5, 0.6) is 0 Å². The third-order valence-corrected chi connectivity index (χ3v) is 9.49. The van der Waals surface area contributed by atoms with E-state index in [1.54, 1.807) is 35.3 Å². The van der Waals surface area contributed by atoms with Crippen LogP contribution in [0.15, 0.2) is 51.1 Å². The predicted octanol–water partition coefficient (Wildman–Crippen LogP) is 8.67. The van der Waals surface area contributed by atoms with Crippen LogP contribution in [0.2, 0.25) is 0 Å². The molecular weight excluding hydrogens is 596 g/mol. The van der Waals surface area contributed by atoms with Crippen molar-refractivity contribution in [3.8, 4) is 11.1 Å². The average Bonchev–Trinajstić information content (AvgIpc) is 3.71. The van der Waals surface area contributed by atoms with Gasteiger partial charge in [-0.3, -0.25) is 0 Å². The van der Waals surface area contributed by atoms with E-state index in [2.05, 4.69) is 100 Å². The summed E-state index contributed by atoms with van der Waals surface area (Å²) in [6, 6.07) is 12.9. The maximum absolute atomic E-state index is 5.20. The molecule has 203 valence electrons. The second-order valence-electron chi connectivity index (χ2n) is 9.61. The predicted molar refractivity (Wildman–Crippen MR) is 172 cm³/mol. The Kier molecular flexibility index (Phi) is 8.45. The summed E-state index contributed by atoms with van der Waals surface area (Å²) in [5.41, 5.74) is 13.4. The number of fused-ring (bicyclic) bond motifs is 8. The molecule has 3 aromatic heterocycles. The number of nitrogens with zero attached hydrogens (tertiary/aromatic N) is 4. The van der Waals surface area contributed by atoms with E-state index in [0.717, 1.165) is 65.1 Å². The number of hydrogen-bond acceptors (Lipinski definition) is 5. The molecule has 0 saturated heterocycles. The van der Waals surface area contributed by atoms with Crippen molar-refractivity contribution in [2.24, 2.45) is 0 Å². The fourth-order valence-electron chi connectivity index (χ4n) is 5.47. The summed E-state index contributed by atoms with van der Waals surface area (Å²) in [4.78, 5) is 23.7. The molecule has 0 saturated carbocycles. The molecule has 0 aliphatic carbocycles. The first kappa shape index (κ1) is 28.9. The van der Waals surface area contributed by atoms with Crippen LogP contribution < -0.4 is 9.97 Å². The normalized spacial score (nSPS) is 12.2. The van der Waals surface area contributed by atoms with E-state index in [4.69, 9.17) is 19.9 Å². The molecule has 1 radical (unpaired) electrons. The minimum atomic E-state index is 0. The van der Waals surface area contributed by atoms with Crippen molar-refractivity contribution in [1.29, 1.82) is 0 Å². The van der Waals surface area contributed by atoms with Gasteiger partial charge in [0.2, 0.25) is 0 Å². The molecule has 5 heterocycles. The second-order valence-corrected chi connectivity index (χ2v) is 12.1. The number of hydrogen-bond donors (Lipinski definition) is 0. The molecule has 4 aromatic rings. The molecule has 2 aliphatic heterocycles. The van der Waals surface area contributed by atoms with Crippen LogP contribution in [0.25, 0.3) is 57.5 Å². The van der Waals surface area contributed by atoms with Crippen LogP contribution in [0.1, 0.15) is 39.5 Å². The summed E-state index contributed by atoms with van der Waals surface area (Å²) >= 11 is 5.03. The molecule has 0 amide bonds. The third kappa shape index (κ3) is 5.01. The Labute approximate surface area is 258 Å². The summed E-state index contributed by atoms with van der Waals surface area (Å²) in [7, 11) is 0. The minimum Gasteiger partial charge on any atom is -0.656 e. The van der Waals surface area contributed by atoms with Crippen molar-refractivity contribution in [2.45, 2.75) is 35.5 Å². The van der Waals surface area contributed by atoms with Crippen LogP contribution in [0, 0.1) is 20.8 Å². The summed E-state index contributed by atoms with van der Waals surface area (Å²) in [6.45, 7) is 6.50. The van der Waals surface area contributed by atoms with Crippen LogP contribution in [0.3, 0.4) is 0 Å². The molecule has 8 bridgehead atoms. The first-order chi connectivity index (χ1) is 18.9. The van der Waals surface area contributed by atoms with Gasteiger partial charge < -0.3 is 9.97 Å². The zero-order valence-corrected chi connectivity index (χ0v) is 26.6. The second kappa shape index (κ2) is 11.7. The third-order valence-electron chi connectivity index (χ3n) is 7.01. The Morgan fingerprint density at radius 3 is 1.35 bits per heavy atom. The van der Waals surface area contributed by atoms with Gasteiger partial charge in [0.25, 0.3) is 0 Å². The fraction of sp³-hybridized carbons (Fsp3) is 0.188. The van der Waals surface area contributed by atoms with Crippen molar-refractivity contribution in [1.82, 2.24) is 19.9 Å². The van der Waals surface area contributed by atoms with Gasteiger partial charge in [-0.15, -0.1) is 57.4 Å². The van der Waals surface area contributed by atoms with Crippen LogP contribution in [0.4, 0.5) is 0 Å². The molecule has 0 atom stereocenters. The first-order valence-corrected chi connectivity index (χ1v) is 16.3. The maximum Gasteiger partial charge on any atom is 2.00 e. The Morgan fingerprint density at radius 1 is 0.525 bits per heavy atom. The zero-order valence-electron chi connectivity index (χ0n) is 23.1. The molecule has 0 spiro atoms. The average molecular weight is 624 g/mol. The van der Waals surface area contributed by atoms with Crippen LogP contribution >= 0.6 is 35.3 Å². The van der Waals surface area contributed by atoms with Crippen LogP contribution in [-0.2, 0) is 16.8 Å². The van der Waals surface area contributed by atoms with Gasteiger partial charge in [-0.1, -0.05) is 42.0 Å². The molecular formula is C32H28CoN4S3. The van der Waals surface area contributed by atoms with Crippen molar-refractivity contribution >= 4 is 81.7 Å². The number of rotatable bonds is 4. The van der Waals surface area contributed by atoms with E-state index in [1.807, 2.05) is 0 Å². The first-order valence-electron chi connectivity index (χ1n) is 12.7. The topological polar surface area (TPSA) is 54.0 Å². The molecule has 0 N–H and O–H groups in total. The summed E-state index contributed by atoms with van der Waals surface area (Å²) in [6.07, 6.45) is 14.7. The quantitative estimate of drug-likeness (QED) is 0.182. The SMILES string of the molecule is CSc1c2nc(c(SC)c3ccc([n-]3)c(-c3c(C)cc(C)cc3C)c3nc(c(SC)c4ccc1[n-]4)C=C3)C=C2.[Co+2]. The standard InChI is InChI=1S/C32H28N4S3.Co/c1-17-15-18(2)28(19(3)16-17)29-20-7-9-22(33-20)30(37-4)24-11-13-26(35-24)32(39-6)27-14-12-25(36-27)31(38-5)23-10-8-21(29)34-23;/h7-16H,1-6H3;/q-2;+2. The van der Waals surface area contributed by atoms with Gasteiger partial charge in [0.1, 0.15) is 0 Å². The molecule has 6 rings (SSSR count). The summed E-state index contributed by atoms with van der Waals surface area (Å²) < 4.78 is 0. The van der Waals surface area contributed by atoms with Gasteiger partial charge in [0.15, 0.2) is 0 Å². The van der Waals surface area contributed by atoms with Crippen molar-refractivity contribution in [2.75, 3.05) is 18.8 Å². The number of aromatic nitrogens is 4. The van der Waals surface area contributed by atoms with E-state index >= 15 is 0 Å². The number of benzene rings is 1. The number of thioether (sulfide) groups is 3. The van der Waals surface area contributed by atoms with Crippen molar-refractivity contribution in [3.05, 3.63) is 75.9 Å². The van der Waals surface area contributed by atoms with Crippen molar-refractivity contribution < 1.29 is 16.8 Å². The Hall–Kier alpha value is -2.62. The summed E-state index contributed by atoms with van der Waals surface area (Å²) in [5, 5.41) is 0. The van der Waals surface area contributed by atoms with Gasteiger partial charge in [-0.05, 0) is 86.1 Å². The van der Waals surface area contributed by atoms with Crippen LogP contribution in [-0.4, -0.2) is 28.7 Å². The summed E-state index contributed by atoms with van der Waals surface area (Å²) in [5.74, 6) is 0. The maximum atomic E-state index is 5.20. The Morgan fingerprint density at radius 2 is 0.900 bits per heavy atom. The van der Waals surface area contributed by atoms with E-state index < -0.39 is 0 Å². The molecule has 0 unspecified atom stereocenters. The van der Waals surface area contributed by atoms with Crippen molar-refractivity contribution in [3.63, 3.8) is 0 Å². The molecule has 4 nitrogen and oxygen atoms in total. The zero-order chi connectivity index (χ0) is 27.3. The molecule has 0 fully saturated rings. The van der Waals surface area contributed by atoms with E-state index in [9.17, 15) is 0 Å². The smallest absolute Gasteiger partial charge is 0.656 e. The Bertz CT molecular complexity index is 1840. The van der Waals surface area contributed by atoms with E-state index in [-0.39, 0.29) is 16.8 Å². The van der Waals surface area contributed by atoms with Gasteiger partial charge in [0, 0.05) is 14.7 Å². The number of aryl methyl sites for hydroxylation is 3. The molecule has 2 aliphatic rings. The Balaban J connectivity index is 0.00000323. The van der Waals surface area contributed by atoms with E-state index in [1.165, 1.54) is 22.3 Å². The molecule has 1 aromatic carbocycles. The molecule has 8 heteroatoms. The van der Waals surface area contributed by atoms with Gasteiger partial charge in [0.05, 0.1) is 22.8 Å². The van der Waals surface area contributed by atoms with Gasteiger partial charge in [-0.25, -0.2) is 9.97 Å². The fourth-order valence-corrected chi connectivity index (χ4v) is 7.41. The minimum absolute atomic E-state index is 0. The van der Waals surface area contributed by atoms with Gasteiger partial charge in [-0.2, -0.15) is 0 Å².